The van der Waals surface area contributed by atoms with Crippen molar-refractivity contribution in [3.05, 3.63) is 0 Å². The molecule has 2 rings (SSSR count). The summed E-state index contributed by atoms with van der Waals surface area (Å²) in [5.74, 6) is 0. The van der Waals surface area contributed by atoms with Crippen LogP contribution < -0.4 is 5.32 Å². The van der Waals surface area contributed by atoms with E-state index in [2.05, 4.69) is 25.2 Å². The quantitative estimate of drug-likeness (QED) is 0.789. The van der Waals surface area contributed by atoms with E-state index in [1.807, 2.05) is 0 Å². The molecule has 0 heterocycles. The molecule has 1 unspecified atom stereocenters. The molecule has 0 aliphatic heterocycles. The highest BCUT2D eigenvalue weighted by Gasteiger charge is 2.42. The monoisotopic (exact) mass is 220 g/mol. The highest BCUT2D eigenvalue weighted by atomic mass is 14.9. The van der Waals surface area contributed by atoms with Crippen LogP contribution in [0.1, 0.15) is 58.8 Å². The fraction of sp³-hybridized carbons (Fsp3) is 0.929. The van der Waals surface area contributed by atoms with E-state index in [1.165, 1.54) is 38.5 Å². The molecule has 1 atom stereocenters. The van der Waals surface area contributed by atoms with E-state index in [4.69, 9.17) is 5.26 Å². The third-order valence-corrected chi connectivity index (χ3v) is 4.38. The van der Waals surface area contributed by atoms with Crippen molar-refractivity contribution in [3.8, 4) is 6.07 Å². The average Bonchev–Trinajstić information content (AvgIpc) is 2.95. The number of rotatable bonds is 4. The van der Waals surface area contributed by atoms with Gasteiger partial charge < -0.3 is 5.32 Å². The molecular formula is C14H24N2. The molecule has 0 amide bonds. The van der Waals surface area contributed by atoms with E-state index < -0.39 is 0 Å². The van der Waals surface area contributed by atoms with Crippen LogP contribution >= 0.6 is 0 Å². The molecule has 1 N–H and O–H groups in total. The zero-order valence-electron chi connectivity index (χ0n) is 10.7. The Morgan fingerprint density at radius 2 is 2.06 bits per heavy atom. The van der Waals surface area contributed by atoms with Crippen LogP contribution in [0.25, 0.3) is 0 Å². The minimum absolute atomic E-state index is 0.357. The second kappa shape index (κ2) is 4.37. The van der Waals surface area contributed by atoms with Crippen LogP contribution in [-0.2, 0) is 0 Å². The summed E-state index contributed by atoms with van der Waals surface area (Å²) in [5, 5.41) is 12.5. The van der Waals surface area contributed by atoms with E-state index in [0.717, 1.165) is 13.0 Å². The van der Waals surface area contributed by atoms with Crippen molar-refractivity contribution in [3.63, 3.8) is 0 Å². The molecule has 2 aliphatic rings. The number of nitrogens with one attached hydrogen (secondary N) is 1. The molecule has 2 saturated carbocycles. The molecule has 0 aromatic carbocycles. The van der Waals surface area contributed by atoms with Gasteiger partial charge in [-0.2, -0.15) is 5.26 Å². The van der Waals surface area contributed by atoms with Gasteiger partial charge in [-0.1, -0.05) is 20.3 Å². The maximum atomic E-state index is 8.78. The molecule has 0 aromatic heterocycles. The summed E-state index contributed by atoms with van der Waals surface area (Å²) < 4.78 is 0. The fourth-order valence-electron chi connectivity index (χ4n) is 2.99. The molecule has 16 heavy (non-hydrogen) atoms. The minimum Gasteiger partial charge on any atom is -0.313 e. The molecule has 0 radical (unpaired) electrons. The molecule has 0 saturated heterocycles. The molecule has 2 nitrogen and oxygen atoms in total. The van der Waals surface area contributed by atoms with E-state index in [9.17, 15) is 0 Å². The lowest BCUT2D eigenvalue weighted by molar-refractivity contribution is 0.193. The maximum Gasteiger partial charge on any atom is 0.0628 e. The van der Waals surface area contributed by atoms with Gasteiger partial charge in [0.2, 0.25) is 0 Å². The normalized spacial score (nSPS) is 30.7. The largest absolute Gasteiger partial charge is 0.313 e. The van der Waals surface area contributed by atoms with Crippen LogP contribution in [0, 0.1) is 22.2 Å². The van der Waals surface area contributed by atoms with Crippen molar-refractivity contribution in [2.45, 2.75) is 64.8 Å². The number of hydrogen-bond acceptors (Lipinski definition) is 2. The maximum absolute atomic E-state index is 8.78. The summed E-state index contributed by atoms with van der Waals surface area (Å²) in [6.45, 7) is 5.83. The minimum atomic E-state index is 0.357. The van der Waals surface area contributed by atoms with Gasteiger partial charge in [0.15, 0.2) is 0 Å². The molecule has 0 bridgehead atoms. The van der Waals surface area contributed by atoms with E-state index >= 15 is 0 Å². The second-order valence-electron chi connectivity index (χ2n) is 6.67. The molecule has 0 aromatic rings. The van der Waals surface area contributed by atoms with Crippen LogP contribution in [0.5, 0.6) is 0 Å². The third-order valence-electron chi connectivity index (χ3n) is 4.38. The first-order valence-electron chi connectivity index (χ1n) is 6.66. The Labute approximate surface area is 99.4 Å². The third kappa shape index (κ3) is 2.98. The van der Waals surface area contributed by atoms with Crippen molar-refractivity contribution in [2.24, 2.45) is 10.8 Å². The first-order chi connectivity index (χ1) is 7.55. The summed E-state index contributed by atoms with van der Waals surface area (Å²) in [4.78, 5) is 0. The van der Waals surface area contributed by atoms with Crippen molar-refractivity contribution in [1.29, 1.82) is 5.26 Å². The summed E-state index contributed by atoms with van der Waals surface area (Å²) in [6, 6.07) is 3.03. The molecule has 90 valence electrons. The Balaban J connectivity index is 1.76. The van der Waals surface area contributed by atoms with Gasteiger partial charge in [0.05, 0.1) is 6.07 Å². The average molecular weight is 220 g/mol. The lowest BCUT2D eigenvalue weighted by Crippen LogP contribution is -2.40. The SMILES string of the molecule is CC1(C)CCCC(NCC2(CC#N)CC2)C1. The van der Waals surface area contributed by atoms with Crippen molar-refractivity contribution in [2.75, 3.05) is 6.54 Å². The van der Waals surface area contributed by atoms with Gasteiger partial charge >= 0.3 is 0 Å². The van der Waals surface area contributed by atoms with Gasteiger partial charge in [-0.05, 0) is 42.9 Å². The predicted octanol–water partition coefficient (Wildman–Crippen LogP) is 3.24. The zero-order valence-corrected chi connectivity index (χ0v) is 10.7. The Hall–Kier alpha value is -0.550. The van der Waals surface area contributed by atoms with E-state index in [1.54, 1.807) is 0 Å². The molecule has 2 aliphatic carbocycles. The first kappa shape index (κ1) is 11.9. The Bertz CT molecular complexity index is 284. The zero-order chi connectivity index (χ0) is 11.6. The standard InChI is InChI=1S/C14H24N2/c1-13(2)5-3-4-12(10-13)16-11-14(6-7-14)8-9-15/h12,16H,3-8,10-11H2,1-2H3. The summed E-state index contributed by atoms with van der Waals surface area (Å²) in [5.41, 5.74) is 0.873. The Morgan fingerprint density at radius 3 is 2.62 bits per heavy atom. The predicted molar refractivity (Wildman–Crippen MR) is 65.9 cm³/mol. The molecular weight excluding hydrogens is 196 g/mol. The Morgan fingerprint density at radius 1 is 1.31 bits per heavy atom. The fourth-order valence-corrected chi connectivity index (χ4v) is 2.99. The summed E-state index contributed by atoms with van der Waals surface area (Å²) in [7, 11) is 0. The Kier molecular flexibility index (Phi) is 3.26. The molecule has 0 spiro atoms. The van der Waals surface area contributed by atoms with E-state index in [-0.39, 0.29) is 0 Å². The van der Waals surface area contributed by atoms with Crippen LogP contribution in [-0.4, -0.2) is 12.6 Å². The van der Waals surface area contributed by atoms with Gasteiger partial charge in [-0.3, -0.25) is 0 Å². The van der Waals surface area contributed by atoms with Crippen LogP contribution in [0.3, 0.4) is 0 Å². The smallest absolute Gasteiger partial charge is 0.0628 e. The van der Waals surface area contributed by atoms with Crippen molar-refractivity contribution in [1.82, 2.24) is 5.32 Å². The van der Waals surface area contributed by atoms with E-state index in [0.29, 0.717) is 16.9 Å². The van der Waals surface area contributed by atoms with Crippen LogP contribution in [0.4, 0.5) is 0 Å². The number of nitrogens with zero attached hydrogens (tertiary/aromatic N) is 1. The van der Waals surface area contributed by atoms with Crippen LogP contribution in [0.2, 0.25) is 0 Å². The topological polar surface area (TPSA) is 35.8 Å². The van der Waals surface area contributed by atoms with Crippen molar-refractivity contribution >= 4 is 0 Å². The van der Waals surface area contributed by atoms with Gasteiger partial charge in [0.25, 0.3) is 0 Å². The summed E-state index contributed by atoms with van der Waals surface area (Å²) in [6.07, 6.45) is 8.61. The van der Waals surface area contributed by atoms with Gasteiger partial charge in [-0.15, -0.1) is 0 Å². The highest BCUT2D eigenvalue weighted by molar-refractivity contribution is 5.01. The van der Waals surface area contributed by atoms with Gasteiger partial charge in [0, 0.05) is 19.0 Å². The summed E-state index contributed by atoms with van der Waals surface area (Å²) >= 11 is 0. The lowest BCUT2D eigenvalue weighted by atomic mass is 9.75. The number of nitriles is 1. The first-order valence-corrected chi connectivity index (χ1v) is 6.66. The van der Waals surface area contributed by atoms with Crippen LogP contribution in [0.15, 0.2) is 0 Å². The molecule has 2 heteroatoms. The highest BCUT2D eigenvalue weighted by Crippen LogP contribution is 2.48. The number of hydrogen-bond donors (Lipinski definition) is 1. The lowest BCUT2D eigenvalue weighted by Gasteiger charge is -2.36. The second-order valence-corrected chi connectivity index (χ2v) is 6.67. The van der Waals surface area contributed by atoms with Crippen molar-refractivity contribution < 1.29 is 0 Å². The van der Waals surface area contributed by atoms with Gasteiger partial charge in [0.1, 0.15) is 0 Å². The van der Waals surface area contributed by atoms with Gasteiger partial charge in [-0.25, -0.2) is 0 Å². The molecule has 2 fully saturated rings.